The van der Waals surface area contributed by atoms with Crippen LogP contribution < -0.4 is 5.32 Å². The van der Waals surface area contributed by atoms with Gasteiger partial charge in [-0.2, -0.15) is 0 Å². The Morgan fingerprint density at radius 1 is 1.24 bits per heavy atom. The molecule has 112 valence electrons. The second-order valence-corrected chi connectivity index (χ2v) is 6.33. The normalized spacial score (nSPS) is 15.9. The van der Waals surface area contributed by atoms with Crippen LogP contribution in [0.5, 0.6) is 0 Å². The Bertz CT molecular complexity index is 606. The van der Waals surface area contributed by atoms with Crippen LogP contribution >= 0.6 is 11.6 Å². The smallest absolute Gasteiger partial charge is 0.254 e. The number of piperazine rings is 1. The fourth-order valence-electron chi connectivity index (χ4n) is 1.97. The number of carbonyl (C=O) groups is 3. The maximum absolute atomic E-state index is 12.4. The van der Waals surface area contributed by atoms with Crippen molar-refractivity contribution in [3.63, 3.8) is 0 Å². The first-order chi connectivity index (χ1) is 9.66. The summed E-state index contributed by atoms with van der Waals surface area (Å²) in [6.45, 7) is 5.58. The highest BCUT2D eigenvalue weighted by atomic mass is 35.5. The van der Waals surface area contributed by atoms with Gasteiger partial charge in [0.2, 0.25) is 11.8 Å². The van der Waals surface area contributed by atoms with Crippen molar-refractivity contribution >= 4 is 29.3 Å². The van der Waals surface area contributed by atoms with E-state index in [1.165, 1.54) is 11.0 Å². The lowest BCUT2D eigenvalue weighted by atomic mass is 9.90. The number of pyridine rings is 1. The summed E-state index contributed by atoms with van der Waals surface area (Å²) < 4.78 is 0. The molecule has 2 heterocycles. The molecule has 7 heteroatoms. The molecule has 0 aliphatic carbocycles. The Morgan fingerprint density at radius 3 is 2.33 bits per heavy atom. The Morgan fingerprint density at radius 2 is 1.81 bits per heavy atom. The minimum absolute atomic E-state index is 0.143. The van der Waals surface area contributed by atoms with Gasteiger partial charge in [-0.05, 0) is 12.1 Å². The molecule has 1 N–H and O–H groups in total. The highest BCUT2D eigenvalue weighted by Crippen LogP contribution is 2.24. The van der Waals surface area contributed by atoms with Crippen LogP contribution in [-0.2, 0) is 15.0 Å². The number of amides is 3. The number of hydrogen-bond acceptors (Lipinski definition) is 4. The maximum Gasteiger partial charge on any atom is 0.254 e. The summed E-state index contributed by atoms with van der Waals surface area (Å²) in [4.78, 5) is 40.5. The third kappa shape index (κ3) is 3.58. The molecule has 1 aromatic heterocycles. The summed E-state index contributed by atoms with van der Waals surface area (Å²) in [5, 5.41) is 2.36. The van der Waals surface area contributed by atoms with Gasteiger partial charge in [0.15, 0.2) is 0 Å². The molecule has 2 rings (SSSR count). The molecular formula is C14H16ClN3O3. The summed E-state index contributed by atoms with van der Waals surface area (Å²) in [7, 11) is 0. The average Bonchev–Trinajstić information content (AvgIpc) is 2.35. The average molecular weight is 310 g/mol. The van der Waals surface area contributed by atoms with Crippen molar-refractivity contribution in [2.75, 3.05) is 13.1 Å². The van der Waals surface area contributed by atoms with E-state index in [2.05, 4.69) is 10.3 Å². The molecule has 1 aliphatic heterocycles. The summed E-state index contributed by atoms with van der Waals surface area (Å²) in [6, 6.07) is 3.08. The minimum Gasteiger partial charge on any atom is -0.320 e. The van der Waals surface area contributed by atoms with Crippen molar-refractivity contribution in [3.05, 3.63) is 28.5 Å². The molecule has 0 saturated carbocycles. The van der Waals surface area contributed by atoms with Crippen molar-refractivity contribution in [1.29, 1.82) is 0 Å². The summed E-state index contributed by atoms with van der Waals surface area (Å²) in [5.41, 5.74) is 0.725. The zero-order chi connectivity index (χ0) is 15.8. The lowest BCUT2D eigenvalue weighted by Gasteiger charge is -2.26. The van der Waals surface area contributed by atoms with E-state index in [4.69, 9.17) is 11.6 Å². The lowest BCUT2D eigenvalue weighted by molar-refractivity contribution is -0.135. The van der Waals surface area contributed by atoms with E-state index in [0.29, 0.717) is 11.3 Å². The molecule has 1 fully saturated rings. The second-order valence-electron chi connectivity index (χ2n) is 5.95. The van der Waals surface area contributed by atoms with Crippen molar-refractivity contribution < 1.29 is 14.4 Å². The third-order valence-electron chi connectivity index (χ3n) is 3.04. The van der Waals surface area contributed by atoms with Crippen molar-refractivity contribution in [1.82, 2.24) is 15.2 Å². The summed E-state index contributed by atoms with van der Waals surface area (Å²) >= 11 is 5.97. The summed E-state index contributed by atoms with van der Waals surface area (Å²) in [5.74, 6) is -1.39. The van der Waals surface area contributed by atoms with Gasteiger partial charge in [-0.15, -0.1) is 0 Å². The standard InChI is InChI=1S/C14H16ClN3O3/c1-14(2,3)9-4-8(5-10(15)16-9)13(21)18-6-11(19)17-12(20)7-18/h4-5H,6-7H2,1-3H3,(H,17,19,20). The van der Waals surface area contributed by atoms with Gasteiger partial charge < -0.3 is 4.90 Å². The molecule has 0 atom stereocenters. The molecule has 1 aromatic rings. The van der Waals surface area contributed by atoms with Crippen LogP contribution in [0.3, 0.4) is 0 Å². The Labute approximate surface area is 127 Å². The van der Waals surface area contributed by atoms with E-state index in [1.807, 2.05) is 20.8 Å². The van der Waals surface area contributed by atoms with E-state index in [9.17, 15) is 14.4 Å². The predicted octanol–water partition coefficient (Wildman–Crippen LogP) is 1.13. The number of halogens is 1. The molecule has 21 heavy (non-hydrogen) atoms. The monoisotopic (exact) mass is 309 g/mol. The van der Waals surface area contributed by atoms with Crippen LogP contribution in [0.15, 0.2) is 12.1 Å². The van der Waals surface area contributed by atoms with Crippen LogP contribution in [0.1, 0.15) is 36.8 Å². The number of nitrogens with one attached hydrogen (secondary N) is 1. The SMILES string of the molecule is CC(C)(C)c1cc(C(=O)N2CC(=O)NC(=O)C2)cc(Cl)n1. The molecule has 0 spiro atoms. The number of aromatic nitrogens is 1. The topological polar surface area (TPSA) is 79.4 Å². The van der Waals surface area contributed by atoms with E-state index < -0.39 is 17.7 Å². The fraction of sp³-hybridized carbons (Fsp3) is 0.429. The number of nitrogens with zero attached hydrogens (tertiary/aromatic N) is 2. The third-order valence-corrected chi connectivity index (χ3v) is 3.24. The molecule has 3 amide bonds. The molecule has 1 aliphatic rings. The van der Waals surface area contributed by atoms with Gasteiger partial charge in [-0.1, -0.05) is 32.4 Å². The Hall–Kier alpha value is -1.95. The van der Waals surface area contributed by atoms with Crippen LogP contribution in [-0.4, -0.2) is 40.7 Å². The molecular weight excluding hydrogens is 294 g/mol. The highest BCUT2D eigenvalue weighted by Gasteiger charge is 2.28. The molecule has 1 saturated heterocycles. The second kappa shape index (κ2) is 5.44. The van der Waals surface area contributed by atoms with E-state index in [-0.39, 0.29) is 23.7 Å². The fourth-order valence-corrected chi connectivity index (χ4v) is 2.18. The Balaban J connectivity index is 2.33. The maximum atomic E-state index is 12.4. The Kier molecular flexibility index (Phi) is 4.00. The first kappa shape index (κ1) is 15.4. The van der Waals surface area contributed by atoms with E-state index in [0.717, 1.165) is 0 Å². The zero-order valence-corrected chi connectivity index (χ0v) is 12.8. The predicted molar refractivity (Wildman–Crippen MR) is 77.0 cm³/mol. The molecule has 6 nitrogen and oxygen atoms in total. The molecule has 0 unspecified atom stereocenters. The largest absolute Gasteiger partial charge is 0.320 e. The van der Waals surface area contributed by atoms with Gasteiger partial charge in [0.05, 0.1) is 0 Å². The number of hydrogen-bond donors (Lipinski definition) is 1. The highest BCUT2D eigenvalue weighted by molar-refractivity contribution is 6.29. The van der Waals surface area contributed by atoms with Gasteiger partial charge in [0.1, 0.15) is 18.2 Å². The van der Waals surface area contributed by atoms with Gasteiger partial charge >= 0.3 is 0 Å². The van der Waals surface area contributed by atoms with Gasteiger partial charge in [0, 0.05) is 16.7 Å². The minimum atomic E-state index is -0.490. The van der Waals surface area contributed by atoms with Crippen molar-refractivity contribution in [3.8, 4) is 0 Å². The molecule has 0 aromatic carbocycles. The number of imide groups is 1. The van der Waals surface area contributed by atoms with Crippen LogP contribution in [0.4, 0.5) is 0 Å². The number of rotatable bonds is 1. The first-order valence-electron chi connectivity index (χ1n) is 6.47. The number of carbonyl (C=O) groups excluding carboxylic acids is 3. The summed E-state index contributed by atoms with van der Waals surface area (Å²) in [6.07, 6.45) is 0. The van der Waals surface area contributed by atoms with Crippen molar-refractivity contribution in [2.24, 2.45) is 0 Å². The van der Waals surface area contributed by atoms with Gasteiger partial charge in [0.25, 0.3) is 5.91 Å². The van der Waals surface area contributed by atoms with E-state index in [1.54, 1.807) is 6.07 Å². The lowest BCUT2D eigenvalue weighted by Crippen LogP contribution is -2.53. The molecule has 0 bridgehead atoms. The van der Waals surface area contributed by atoms with E-state index >= 15 is 0 Å². The molecule has 0 radical (unpaired) electrons. The van der Waals surface area contributed by atoms with Gasteiger partial charge in [-0.25, -0.2) is 4.98 Å². The van der Waals surface area contributed by atoms with Crippen LogP contribution in [0.2, 0.25) is 5.15 Å². The van der Waals surface area contributed by atoms with Crippen LogP contribution in [0, 0.1) is 0 Å². The quantitative estimate of drug-likeness (QED) is 0.623. The first-order valence-corrected chi connectivity index (χ1v) is 6.84. The zero-order valence-electron chi connectivity index (χ0n) is 12.1. The van der Waals surface area contributed by atoms with Crippen molar-refractivity contribution in [2.45, 2.75) is 26.2 Å². The van der Waals surface area contributed by atoms with Gasteiger partial charge in [-0.3, -0.25) is 19.7 Å². The van der Waals surface area contributed by atoms with Crippen LogP contribution in [0.25, 0.3) is 0 Å².